The minimum atomic E-state index is -0.858. The Labute approximate surface area is 169 Å². The van der Waals surface area contributed by atoms with Crippen LogP contribution < -0.4 is 10.2 Å². The van der Waals surface area contributed by atoms with Crippen LogP contribution in [0.2, 0.25) is 5.02 Å². The molecule has 2 aromatic rings. The van der Waals surface area contributed by atoms with Gasteiger partial charge in [0.15, 0.2) is 18.2 Å². The number of rotatable bonds is 6. The molecule has 0 bridgehead atoms. The average molecular weight is 410 g/mol. The third-order valence-corrected chi connectivity index (χ3v) is 5.56. The van der Waals surface area contributed by atoms with Crippen LogP contribution in [0.4, 0.5) is 8.78 Å². The fourth-order valence-corrected chi connectivity index (χ4v) is 3.60. The molecule has 0 spiro atoms. The standard InChI is InChI=1S/C21H24ClF2N3O/c1-15(17-4-7-19(23)20(24)12-17)25-13-21(28)27-10-8-26(9-11-27)14-16-2-5-18(22)6-3-16/h2-7,12,15,25H,8-11,13-14H2,1H3/p+2/t15-/m0/s1. The third-order valence-electron chi connectivity index (χ3n) is 5.31. The summed E-state index contributed by atoms with van der Waals surface area (Å²) in [5.41, 5.74) is 1.91. The first-order valence-electron chi connectivity index (χ1n) is 9.56. The van der Waals surface area contributed by atoms with Gasteiger partial charge in [-0.3, -0.25) is 4.79 Å². The highest BCUT2D eigenvalue weighted by Gasteiger charge is 2.25. The van der Waals surface area contributed by atoms with E-state index in [2.05, 4.69) is 0 Å². The van der Waals surface area contributed by atoms with Gasteiger partial charge >= 0.3 is 0 Å². The molecule has 1 saturated heterocycles. The number of quaternary nitrogens is 2. The second-order valence-electron chi connectivity index (χ2n) is 7.34. The SMILES string of the molecule is C[C@H]([NH2+]CC(=O)N1CC[NH+](Cc2ccc(Cl)cc2)CC1)c1ccc(F)c(F)c1. The van der Waals surface area contributed by atoms with Crippen molar-refractivity contribution < 1.29 is 23.8 Å². The summed E-state index contributed by atoms with van der Waals surface area (Å²) < 4.78 is 26.4. The van der Waals surface area contributed by atoms with Crippen LogP contribution in [0.15, 0.2) is 42.5 Å². The Morgan fingerprint density at radius 1 is 1.14 bits per heavy atom. The maximum Gasteiger partial charge on any atom is 0.278 e. The molecular formula is C21H26ClF2N3O+2. The molecule has 150 valence electrons. The van der Waals surface area contributed by atoms with E-state index in [9.17, 15) is 13.6 Å². The summed E-state index contributed by atoms with van der Waals surface area (Å²) in [5.74, 6) is -1.63. The van der Waals surface area contributed by atoms with Gasteiger partial charge in [-0.25, -0.2) is 8.78 Å². The minimum Gasteiger partial charge on any atom is -0.333 e. The van der Waals surface area contributed by atoms with Gasteiger partial charge in [0, 0.05) is 16.1 Å². The molecule has 3 N–H and O–H groups in total. The Morgan fingerprint density at radius 3 is 2.46 bits per heavy atom. The molecule has 0 unspecified atom stereocenters. The second-order valence-corrected chi connectivity index (χ2v) is 7.77. The van der Waals surface area contributed by atoms with Crippen LogP contribution in [0.25, 0.3) is 0 Å². The first-order valence-corrected chi connectivity index (χ1v) is 9.94. The third kappa shape index (κ3) is 5.50. The normalized spacial score (nSPS) is 16.2. The summed E-state index contributed by atoms with van der Waals surface area (Å²) in [6, 6.07) is 11.7. The lowest BCUT2D eigenvalue weighted by molar-refractivity contribution is -0.917. The second kappa shape index (κ2) is 9.45. The molecule has 0 saturated carbocycles. The molecule has 1 aliphatic rings. The number of nitrogens with two attached hydrogens (primary N) is 1. The summed E-state index contributed by atoms with van der Waals surface area (Å²) in [5, 5.41) is 2.60. The molecule has 1 amide bonds. The topological polar surface area (TPSA) is 41.4 Å². The summed E-state index contributed by atoms with van der Waals surface area (Å²) in [6.45, 7) is 6.39. The largest absolute Gasteiger partial charge is 0.333 e. The van der Waals surface area contributed by atoms with Gasteiger partial charge in [0.2, 0.25) is 0 Å². The van der Waals surface area contributed by atoms with Crippen molar-refractivity contribution in [2.45, 2.75) is 19.5 Å². The van der Waals surface area contributed by atoms with Crippen molar-refractivity contribution in [1.29, 1.82) is 0 Å². The van der Waals surface area contributed by atoms with Gasteiger partial charge in [0.05, 0.1) is 26.2 Å². The molecular weight excluding hydrogens is 384 g/mol. The number of nitrogens with zero attached hydrogens (tertiary/aromatic N) is 1. The number of hydrogen-bond donors (Lipinski definition) is 2. The number of nitrogens with one attached hydrogen (secondary N) is 1. The lowest BCUT2D eigenvalue weighted by Crippen LogP contribution is -3.13. The number of piperazine rings is 1. The predicted octanol–water partition coefficient (Wildman–Crippen LogP) is 1.17. The molecule has 1 atom stereocenters. The Balaban J connectivity index is 1.43. The zero-order valence-electron chi connectivity index (χ0n) is 15.9. The zero-order valence-corrected chi connectivity index (χ0v) is 16.7. The van der Waals surface area contributed by atoms with E-state index in [-0.39, 0.29) is 11.9 Å². The Morgan fingerprint density at radius 2 is 1.82 bits per heavy atom. The molecule has 7 heteroatoms. The number of hydrogen-bond acceptors (Lipinski definition) is 1. The van der Waals surface area contributed by atoms with Crippen LogP contribution in [-0.2, 0) is 11.3 Å². The van der Waals surface area contributed by atoms with Crippen LogP contribution in [-0.4, -0.2) is 43.5 Å². The van der Waals surface area contributed by atoms with E-state index in [1.165, 1.54) is 16.5 Å². The molecule has 0 radical (unpaired) electrons. The Bertz CT molecular complexity index is 808. The summed E-state index contributed by atoms with van der Waals surface area (Å²) >= 11 is 5.92. The van der Waals surface area contributed by atoms with Crippen molar-refractivity contribution >= 4 is 17.5 Å². The molecule has 28 heavy (non-hydrogen) atoms. The van der Waals surface area contributed by atoms with E-state index in [1.807, 2.05) is 41.4 Å². The van der Waals surface area contributed by atoms with Crippen molar-refractivity contribution in [3.63, 3.8) is 0 Å². The van der Waals surface area contributed by atoms with Gasteiger partial charge in [-0.05, 0) is 37.3 Å². The van der Waals surface area contributed by atoms with E-state index < -0.39 is 11.6 Å². The van der Waals surface area contributed by atoms with Gasteiger partial charge in [0.25, 0.3) is 5.91 Å². The summed E-state index contributed by atoms with van der Waals surface area (Å²) in [4.78, 5) is 15.8. The van der Waals surface area contributed by atoms with Gasteiger partial charge in [-0.1, -0.05) is 23.7 Å². The van der Waals surface area contributed by atoms with E-state index in [4.69, 9.17) is 11.6 Å². The lowest BCUT2D eigenvalue weighted by atomic mass is 10.1. The van der Waals surface area contributed by atoms with Crippen molar-refractivity contribution in [2.24, 2.45) is 0 Å². The van der Waals surface area contributed by atoms with E-state index in [0.29, 0.717) is 12.1 Å². The zero-order chi connectivity index (χ0) is 20.1. The van der Waals surface area contributed by atoms with Crippen LogP contribution in [0.3, 0.4) is 0 Å². The fraction of sp³-hybridized carbons (Fsp3) is 0.381. The van der Waals surface area contributed by atoms with Crippen molar-refractivity contribution in [3.05, 3.63) is 70.2 Å². The Hall–Kier alpha value is -2.02. The quantitative estimate of drug-likeness (QED) is 0.739. The molecule has 3 rings (SSSR count). The van der Waals surface area contributed by atoms with Crippen LogP contribution >= 0.6 is 11.6 Å². The first-order chi connectivity index (χ1) is 13.4. The Kier molecular flexibility index (Phi) is 6.99. The maximum atomic E-state index is 13.4. The summed E-state index contributed by atoms with van der Waals surface area (Å²) in [6.07, 6.45) is 0. The van der Waals surface area contributed by atoms with Crippen LogP contribution in [0.5, 0.6) is 0 Å². The highest BCUT2D eigenvalue weighted by atomic mass is 35.5. The smallest absolute Gasteiger partial charge is 0.278 e. The van der Waals surface area contributed by atoms with Gasteiger partial charge in [-0.2, -0.15) is 0 Å². The van der Waals surface area contributed by atoms with Crippen LogP contribution in [0.1, 0.15) is 24.1 Å². The lowest BCUT2D eigenvalue weighted by Gasteiger charge is -2.32. The van der Waals surface area contributed by atoms with Gasteiger partial charge in [0.1, 0.15) is 12.6 Å². The predicted molar refractivity (Wildman–Crippen MR) is 104 cm³/mol. The van der Waals surface area contributed by atoms with Gasteiger partial charge < -0.3 is 15.1 Å². The van der Waals surface area contributed by atoms with Gasteiger partial charge in [-0.15, -0.1) is 0 Å². The number of halogens is 3. The number of carbonyl (C=O) groups is 1. The first kappa shape index (κ1) is 20.7. The minimum absolute atomic E-state index is 0.0833. The monoisotopic (exact) mass is 409 g/mol. The average Bonchev–Trinajstić information content (AvgIpc) is 2.70. The number of carbonyl (C=O) groups excluding carboxylic acids is 1. The molecule has 4 nitrogen and oxygen atoms in total. The number of amides is 1. The van der Waals surface area contributed by atoms with E-state index in [1.54, 1.807) is 6.07 Å². The molecule has 1 heterocycles. The van der Waals surface area contributed by atoms with Crippen molar-refractivity contribution in [2.75, 3.05) is 32.7 Å². The number of benzene rings is 2. The van der Waals surface area contributed by atoms with Crippen molar-refractivity contribution in [1.82, 2.24) is 4.90 Å². The highest BCUT2D eigenvalue weighted by molar-refractivity contribution is 6.30. The van der Waals surface area contributed by atoms with E-state index >= 15 is 0 Å². The van der Waals surface area contributed by atoms with E-state index in [0.717, 1.165) is 43.8 Å². The molecule has 2 aromatic carbocycles. The van der Waals surface area contributed by atoms with Crippen LogP contribution in [0, 0.1) is 11.6 Å². The fourth-order valence-electron chi connectivity index (χ4n) is 3.48. The molecule has 1 fully saturated rings. The highest BCUT2D eigenvalue weighted by Crippen LogP contribution is 2.13. The maximum absolute atomic E-state index is 13.4. The molecule has 0 aliphatic carbocycles. The van der Waals surface area contributed by atoms with Crippen molar-refractivity contribution in [3.8, 4) is 0 Å². The molecule has 1 aliphatic heterocycles. The summed E-state index contributed by atoms with van der Waals surface area (Å²) in [7, 11) is 0. The molecule has 0 aromatic heterocycles.